The van der Waals surface area contributed by atoms with Crippen molar-refractivity contribution in [1.29, 1.82) is 0 Å². The summed E-state index contributed by atoms with van der Waals surface area (Å²) in [7, 11) is 0. The summed E-state index contributed by atoms with van der Waals surface area (Å²) in [6, 6.07) is 52.2. The first-order chi connectivity index (χ1) is 33.5. The molecule has 0 aliphatic heterocycles. The highest BCUT2D eigenvalue weighted by Gasteiger charge is 2.62. The Morgan fingerprint density at radius 3 is 1.75 bits per heavy atom. The van der Waals surface area contributed by atoms with E-state index >= 15 is 9.59 Å². The normalized spacial score (nSPS) is 14.0. The minimum Gasteiger partial charge on any atom is -0.459 e. The Morgan fingerprint density at radius 1 is 0.618 bits per heavy atom. The fourth-order valence-corrected chi connectivity index (χ4v) is 9.61. The standard InChI is InChI=1S/C56H45N7O5/c64-54(50-32-45-44-24-12-15-27-49(44)60-51(45)35-59-50)56(55(65)68-36-38-18-6-2-7-19-38,46(39-20-8-3-9-21-39)29-28-37-16-4-1-5-17-37)63(52(61-66)30-40-33-57-47-25-13-10-22-42(40)47)53(62-67)31-41-34-58-48-26-14-11-23-43(41)48/h1-29,32-35,46,52-53,57-58,60H,30-31,36H2/t46?,52?,53?,56-/m1/s1. The Kier molecular flexibility index (Phi) is 12.1. The van der Waals surface area contributed by atoms with E-state index in [1.54, 1.807) is 30.7 Å². The number of aromatic amines is 3. The van der Waals surface area contributed by atoms with Crippen LogP contribution in [0, 0.1) is 9.81 Å². The van der Waals surface area contributed by atoms with Gasteiger partial charge >= 0.3 is 5.97 Å². The molecule has 0 radical (unpaired) electrons. The number of aromatic nitrogens is 4. The summed E-state index contributed by atoms with van der Waals surface area (Å²) in [5, 5.41) is 10.7. The second-order valence-corrected chi connectivity index (χ2v) is 16.8. The Labute approximate surface area is 390 Å². The molecule has 12 nitrogen and oxygen atoms in total. The number of nitrogens with one attached hydrogen (secondary N) is 3. The average Bonchev–Trinajstić information content (AvgIpc) is 4.12. The lowest BCUT2D eigenvalue weighted by atomic mass is 9.72. The van der Waals surface area contributed by atoms with E-state index in [0.717, 1.165) is 38.3 Å². The molecule has 3 unspecified atom stereocenters. The number of fused-ring (bicyclic) bond motifs is 5. The quantitative estimate of drug-likeness (QED) is 0.0334. The maximum absolute atomic E-state index is 16.8. The number of Topliss-reactive ketones (excluding diaryl/α,β-unsaturated/α-hetero) is 1. The van der Waals surface area contributed by atoms with Crippen LogP contribution in [-0.2, 0) is 29.0 Å². The van der Waals surface area contributed by atoms with Gasteiger partial charge in [0.1, 0.15) is 12.3 Å². The predicted octanol–water partition coefficient (Wildman–Crippen LogP) is 11.8. The number of ether oxygens (including phenoxy) is 1. The number of rotatable bonds is 18. The highest BCUT2D eigenvalue weighted by Crippen LogP contribution is 2.44. The molecule has 0 amide bonds. The van der Waals surface area contributed by atoms with Crippen molar-refractivity contribution < 1.29 is 14.3 Å². The largest absolute Gasteiger partial charge is 0.459 e. The minimum atomic E-state index is -2.61. The van der Waals surface area contributed by atoms with Crippen LogP contribution in [0.3, 0.4) is 0 Å². The number of nitrogens with zero attached hydrogens (tertiary/aromatic N) is 4. The molecular formula is C56H45N7O5. The summed E-state index contributed by atoms with van der Waals surface area (Å²) in [5.74, 6) is -3.12. The van der Waals surface area contributed by atoms with Crippen molar-refractivity contribution in [3.05, 3.63) is 238 Å². The lowest BCUT2D eigenvalue weighted by Crippen LogP contribution is -2.69. The van der Waals surface area contributed by atoms with E-state index in [1.165, 1.54) is 4.90 Å². The predicted molar refractivity (Wildman–Crippen MR) is 267 cm³/mol. The van der Waals surface area contributed by atoms with E-state index in [0.29, 0.717) is 33.2 Å². The molecule has 12 heteroatoms. The van der Waals surface area contributed by atoms with Crippen LogP contribution < -0.4 is 0 Å². The second-order valence-electron chi connectivity index (χ2n) is 16.8. The summed E-state index contributed by atoms with van der Waals surface area (Å²) in [5.41, 5.74) is 3.64. The number of carbonyl (C=O) groups excluding carboxylic acids is 2. The zero-order valence-corrected chi connectivity index (χ0v) is 36.7. The number of benzene rings is 6. The van der Waals surface area contributed by atoms with Gasteiger partial charge in [0.05, 0.1) is 11.7 Å². The number of hydrogen-bond donors (Lipinski definition) is 3. The van der Waals surface area contributed by atoms with Crippen LogP contribution >= 0.6 is 0 Å². The van der Waals surface area contributed by atoms with Gasteiger partial charge in [-0.3, -0.25) is 9.78 Å². The molecular weight excluding hydrogens is 851 g/mol. The maximum Gasteiger partial charge on any atom is 0.336 e. The third-order valence-electron chi connectivity index (χ3n) is 12.8. The Morgan fingerprint density at radius 2 is 1.15 bits per heavy atom. The van der Waals surface area contributed by atoms with Crippen LogP contribution in [-0.4, -0.2) is 54.5 Å². The highest BCUT2D eigenvalue weighted by atomic mass is 16.5. The summed E-state index contributed by atoms with van der Waals surface area (Å²) in [6.45, 7) is -0.245. The van der Waals surface area contributed by atoms with E-state index < -0.39 is 35.5 Å². The summed E-state index contributed by atoms with van der Waals surface area (Å²) in [4.78, 5) is 77.5. The first-order valence-corrected chi connectivity index (χ1v) is 22.4. The molecule has 0 fully saturated rings. The molecule has 10 rings (SSSR count). The minimum absolute atomic E-state index is 0.105. The third-order valence-corrected chi connectivity index (χ3v) is 12.8. The molecule has 3 N–H and O–H groups in total. The molecule has 0 saturated carbocycles. The van der Waals surface area contributed by atoms with Gasteiger partial charge in [0, 0.05) is 69.2 Å². The fourth-order valence-electron chi connectivity index (χ4n) is 9.61. The van der Waals surface area contributed by atoms with E-state index in [-0.39, 0.29) is 25.1 Å². The van der Waals surface area contributed by atoms with Gasteiger partial charge in [-0.15, -0.1) is 9.81 Å². The lowest BCUT2D eigenvalue weighted by molar-refractivity contribution is -0.161. The Bertz CT molecular complexity index is 3350. The van der Waals surface area contributed by atoms with Crippen LogP contribution in [0.15, 0.2) is 205 Å². The first kappa shape index (κ1) is 43.3. The number of H-pyrrole nitrogens is 3. The number of ketones is 1. The van der Waals surface area contributed by atoms with Crippen LogP contribution in [0.2, 0.25) is 0 Å². The van der Waals surface area contributed by atoms with Crippen molar-refractivity contribution in [3.63, 3.8) is 0 Å². The number of hydrogen-bond acceptors (Lipinski definition) is 9. The van der Waals surface area contributed by atoms with Crippen LogP contribution in [0.4, 0.5) is 0 Å². The fraction of sp³-hybridized carbons (Fsp3) is 0.125. The first-order valence-electron chi connectivity index (χ1n) is 22.4. The van der Waals surface area contributed by atoms with Crippen molar-refractivity contribution in [2.45, 2.75) is 43.2 Å². The molecule has 4 heterocycles. The van der Waals surface area contributed by atoms with Crippen molar-refractivity contribution in [3.8, 4) is 0 Å². The van der Waals surface area contributed by atoms with Crippen LogP contribution in [0.5, 0.6) is 0 Å². The molecule has 0 saturated heterocycles. The molecule has 4 aromatic heterocycles. The highest BCUT2D eigenvalue weighted by molar-refractivity contribution is 6.19. The smallest absolute Gasteiger partial charge is 0.336 e. The molecule has 4 atom stereocenters. The van der Waals surface area contributed by atoms with Crippen molar-refractivity contribution in [2.24, 2.45) is 10.4 Å². The maximum atomic E-state index is 16.8. The number of esters is 1. The summed E-state index contributed by atoms with van der Waals surface area (Å²) >= 11 is 0. The summed E-state index contributed by atoms with van der Waals surface area (Å²) < 4.78 is 6.45. The van der Waals surface area contributed by atoms with E-state index in [4.69, 9.17) is 9.72 Å². The molecule has 0 bridgehead atoms. The Hall–Kier alpha value is -8.61. The number of para-hydroxylation sites is 3. The van der Waals surface area contributed by atoms with Gasteiger partial charge in [0.25, 0.3) is 0 Å². The topological polar surface area (TPSA) is 166 Å². The van der Waals surface area contributed by atoms with Crippen LogP contribution in [0.25, 0.3) is 49.7 Å². The van der Waals surface area contributed by atoms with E-state index in [9.17, 15) is 9.81 Å². The molecule has 68 heavy (non-hydrogen) atoms. The number of pyridine rings is 1. The van der Waals surface area contributed by atoms with Crippen molar-refractivity contribution in [2.75, 3.05) is 0 Å². The van der Waals surface area contributed by atoms with Gasteiger partial charge in [0.2, 0.25) is 5.78 Å². The van der Waals surface area contributed by atoms with Gasteiger partial charge in [-0.1, -0.05) is 168 Å². The Balaban J connectivity index is 1.29. The monoisotopic (exact) mass is 895 g/mol. The van der Waals surface area contributed by atoms with Gasteiger partial charge in [-0.05, 0) is 52.1 Å². The van der Waals surface area contributed by atoms with Gasteiger partial charge in [-0.25, -0.2) is 9.69 Å². The van der Waals surface area contributed by atoms with Crippen LogP contribution in [0.1, 0.15) is 44.2 Å². The third kappa shape index (κ3) is 8.18. The molecule has 10 aromatic rings. The van der Waals surface area contributed by atoms with Gasteiger partial charge in [0.15, 0.2) is 17.9 Å². The van der Waals surface area contributed by atoms with E-state index in [2.05, 4.69) is 25.3 Å². The SMILES string of the molecule is O=NC(Cc1c[nH]c2ccccc12)N(C(Cc1c[nH]c2ccccc12)N=O)[C@@](C(=O)OCc1ccccc1)(C(=O)c1cc2c(cn1)[nH]c1ccccc12)C(C=Cc1ccccc1)c1ccccc1. The number of nitroso groups, excluding NO2 is 2. The van der Waals surface area contributed by atoms with Gasteiger partial charge in [-0.2, -0.15) is 0 Å². The summed E-state index contributed by atoms with van der Waals surface area (Å²) in [6.07, 6.45) is 5.28. The average molecular weight is 896 g/mol. The zero-order chi connectivity index (χ0) is 46.5. The molecule has 334 valence electrons. The second kappa shape index (κ2) is 19.1. The zero-order valence-electron chi connectivity index (χ0n) is 36.7. The van der Waals surface area contributed by atoms with E-state index in [1.807, 2.05) is 170 Å². The van der Waals surface area contributed by atoms with Crippen molar-refractivity contribution in [1.82, 2.24) is 24.8 Å². The number of carbonyl (C=O) groups is 2. The molecule has 6 aromatic carbocycles. The molecule has 0 aliphatic rings. The van der Waals surface area contributed by atoms with Gasteiger partial charge < -0.3 is 19.7 Å². The molecule has 0 spiro atoms. The lowest BCUT2D eigenvalue weighted by Gasteiger charge is -2.47. The molecule has 0 aliphatic carbocycles. The van der Waals surface area contributed by atoms with Crippen molar-refractivity contribution >= 4 is 61.4 Å².